The highest BCUT2D eigenvalue weighted by molar-refractivity contribution is 6.12. The number of rotatable bonds is 5. The summed E-state index contributed by atoms with van der Waals surface area (Å²) < 4.78 is 4.64. The van der Waals surface area contributed by atoms with Crippen LogP contribution in [0.4, 0.5) is 0 Å². The van der Waals surface area contributed by atoms with Gasteiger partial charge in [-0.15, -0.1) is 0 Å². The standard InChI is InChI=1S/C53H36N6/c1-53(2)44-24-11-9-19-37(44)40-21-13-22-42(48(40)53)51-56-49(33-15-5-3-6-16-33)55-50(57-51)34-26-29-46-43(31-34)39-28-27-36(32-47(39)58(46)35-17-7-4-8-18-35)59-45-25-12-10-20-38(45)41-23-14-30-54-52(41)59/h3-32H,1-2H3. The summed E-state index contributed by atoms with van der Waals surface area (Å²) in [6.07, 6.45) is 1.87. The van der Waals surface area contributed by atoms with Crippen LogP contribution >= 0.6 is 0 Å². The Morgan fingerprint density at radius 1 is 0.407 bits per heavy atom. The summed E-state index contributed by atoms with van der Waals surface area (Å²) in [4.78, 5) is 20.6. The Labute approximate surface area is 340 Å². The van der Waals surface area contributed by atoms with E-state index < -0.39 is 0 Å². The predicted molar refractivity (Wildman–Crippen MR) is 240 cm³/mol. The van der Waals surface area contributed by atoms with Gasteiger partial charge in [0.1, 0.15) is 5.65 Å². The highest BCUT2D eigenvalue weighted by Crippen LogP contribution is 2.52. The smallest absolute Gasteiger partial charge is 0.164 e. The topological polar surface area (TPSA) is 61.4 Å². The molecule has 0 fully saturated rings. The van der Waals surface area contributed by atoms with Crippen molar-refractivity contribution in [2.75, 3.05) is 0 Å². The van der Waals surface area contributed by atoms with Gasteiger partial charge in [0, 0.05) is 61.2 Å². The van der Waals surface area contributed by atoms with E-state index in [1.807, 2.05) is 30.5 Å². The van der Waals surface area contributed by atoms with Crippen molar-refractivity contribution in [3.63, 3.8) is 0 Å². The third-order valence-electron chi connectivity index (χ3n) is 12.2. The lowest BCUT2D eigenvalue weighted by Gasteiger charge is -2.24. The number of aromatic nitrogens is 6. The maximum atomic E-state index is 5.32. The Balaban J connectivity index is 1.08. The Morgan fingerprint density at radius 3 is 1.93 bits per heavy atom. The van der Waals surface area contributed by atoms with Crippen LogP contribution in [0.25, 0.3) is 100 Å². The van der Waals surface area contributed by atoms with Crippen molar-refractivity contribution in [2.45, 2.75) is 19.3 Å². The van der Waals surface area contributed by atoms with Gasteiger partial charge in [0.25, 0.3) is 0 Å². The fourth-order valence-electron chi connectivity index (χ4n) is 9.58. The summed E-state index contributed by atoms with van der Waals surface area (Å²) in [5, 5.41) is 4.58. The van der Waals surface area contributed by atoms with Crippen molar-refractivity contribution in [3.8, 4) is 56.7 Å². The number of fused-ring (bicyclic) bond motifs is 9. The minimum Gasteiger partial charge on any atom is -0.309 e. The first-order valence-corrected chi connectivity index (χ1v) is 20.1. The van der Waals surface area contributed by atoms with Gasteiger partial charge in [-0.25, -0.2) is 19.9 Å². The number of pyridine rings is 1. The summed E-state index contributed by atoms with van der Waals surface area (Å²) in [5.74, 6) is 1.95. The molecule has 278 valence electrons. The van der Waals surface area contributed by atoms with Gasteiger partial charge in [-0.2, -0.15) is 0 Å². The Kier molecular flexibility index (Phi) is 7.17. The maximum absolute atomic E-state index is 5.32. The van der Waals surface area contributed by atoms with Gasteiger partial charge in [-0.3, -0.25) is 4.57 Å². The summed E-state index contributed by atoms with van der Waals surface area (Å²) >= 11 is 0. The maximum Gasteiger partial charge on any atom is 0.164 e. The second kappa shape index (κ2) is 12.7. The fourth-order valence-corrected chi connectivity index (χ4v) is 9.58. The SMILES string of the molecule is CC1(C)c2ccccc2-c2cccc(-c3nc(-c4ccccc4)nc(-c4ccc5c(c4)c4ccc(-n6c7ccccc7c7cccnc76)cc4n5-c4ccccc4)n3)c21. The molecule has 0 radical (unpaired) electrons. The molecule has 7 aromatic carbocycles. The Bertz CT molecular complexity index is 3420. The van der Waals surface area contributed by atoms with Crippen LogP contribution in [-0.2, 0) is 5.41 Å². The normalized spacial score (nSPS) is 13.1. The van der Waals surface area contributed by atoms with Crippen LogP contribution in [0.1, 0.15) is 25.0 Å². The van der Waals surface area contributed by atoms with E-state index in [4.69, 9.17) is 19.9 Å². The zero-order valence-electron chi connectivity index (χ0n) is 32.5. The van der Waals surface area contributed by atoms with Crippen LogP contribution < -0.4 is 0 Å². The van der Waals surface area contributed by atoms with Crippen LogP contribution in [0.3, 0.4) is 0 Å². The van der Waals surface area contributed by atoms with E-state index in [9.17, 15) is 0 Å². The van der Waals surface area contributed by atoms with Crippen molar-refractivity contribution in [1.82, 2.24) is 29.1 Å². The zero-order valence-corrected chi connectivity index (χ0v) is 32.5. The molecule has 0 atom stereocenters. The lowest BCUT2D eigenvalue weighted by molar-refractivity contribution is 0.661. The number of hydrogen-bond donors (Lipinski definition) is 0. The molecule has 4 aromatic heterocycles. The van der Waals surface area contributed by atoms with Crippen LogP contribution in [0.15, 0.2) is 182 Å². The van der Waals surface area contributed by atoms with E-state index in [1.165, 1.54) is 27.6 Å². The average Bonchev–Trinajstić information content (AvgIpc) is 3.89. The van der Waals surface area contributed by atoms with Crippen molar-refractivity contribution >= 4 is 43.7 Å². The largest absolute Gasteiger partial charge is 0.309 e. The fraction of sp³-hybridized carbons (Fsp3) is 0.0566. The molecule has 0 unspecified atom stereocenters. The first-order valence-electron chi connectivity index (χ1n) is 20.1. The summed E-state index contributed by atoms with van der Waals surface area (Å²) in [6, 6.07) is 62.2. The van der Waals surface area contributed by atoms with Gasteiger partial charge >= 0.3 is 0 Å². The number of benzene rings is 7. The average molecular weight is 757 g/mol. The molecule has 6 heteroatoms. The molecule has 0 aliphatic heterocycles. The summed E-state index contributed by atoms with van der Waals surface area (Å²) in [7, 11) is 0. The first kappa shape index (κ1) is 33.4. The molecule has 0 saturated heterocycles. The minimum absolute atomic E-state index is 0.228. The molecule has 59 heavy (non-hydrogen) atoms. The quantitative estimate of drug-likeness (QED) is 0.175. The number of para-hydroxylation sites is 2. The molecular formula is C53H36N6. The molecule has 0 saturated carbocycles. The first-order chi connectivity index (χ1) is 29.0. The number of hydrogen-bond acceptors (Lipinski definition) is 4. The minimum atomic E-state index is -0.228. The van der Waals surface area contributed by atoms with Crippen molar-refractivity contribution in [2.24, 2.45) is 0 Å². The molecule has 1 aliphatic carbocycles. The van der Waals surface area contributed by atoms with Crippen LogP contribution in [0.5, 0.6) is 0 Å². The van der Waals surface area contributed by atoms with Gasteiger partial charge < -0.3 is 4.57 Å². The molecule has 12 rings (SSSR count). The number of nitrogens with zero attached hydrogens (tertiary/aromatic N) is 6. The van der Waals surface area contributed by atoms with Crippen LogP contribution in [-0.4, -0.2) is 29.1 Å². The molecule has 0 bridgehead atoms. The molecule has 6 nitrogen and oxygen atoms in total. The molecule has 0 N–H and O–H groups in total. The third kappa shape index (κ3) is 4.99. The molecule has 11 aromatic rings. The molecule has 0 spiro atoms. The van der Waals surface area contributed by atoms with E-state index in [2.05, 4.69) is 175 Å². The van der Waals surface area contributed by atoms with Crippen LogP contribution in [0.2, 0.25) is 0 Å². The second-order valence-corrected chi connectivity index (χ2v) is 15.9. The van der Waals surface area contributed by atoms with Crippen LogP contribution in [0, 0.1) is 0 Å². The van der Waals surface area contributed by atoms with Gasteiger partial charge in [0.15, 0.2) is 17.5 Å². The lowest BCUT2D eigenvalue weighted by atomic mass is 9.80. The highest BCUT2D eigenvalue weighted by atomic mass is 15.1. The Hall–Kier alpha value is -7.70. The van der Waals surface area contributed by atoms with Gasteiger partial charge in [-0.05, 0) is 82.9 Å². The molecular weight excluding hydrogens is 721 g/mol. The Morgan fingerprint density at radius 2 is 1.07 bits per heavy atom. The summed E-state index contributed by atoms with van der Waals surface area (Å²) in [5.41, 5.74) is 14.1. The highest BCUT2D eigenvalue weighted by Gasteiger charge is 2.38. The van der Waals surface area contributed by atoms with E-state index in [0.717, 1.165) is 66.4 Å². The van der Waals surface area contributed by atoms with Gasteiger partial charge in [0.05, 0.1) is 16.6 Å². The molecule has 0 amide bonds. The van der Waals surface area contributed by atoms with E-state index >= 15 is 0 Å². The van der Waals surface area contributed by atoms with Gasteiger partial charge in [0.2, 0.25) is 0 Å². The second-order valence-electron chi connectivity index (χ2n) is 15.9. The van der Waals surface area contributed by atoms with E-state index in [1.54, 1.807) is 0 Å². The third-order valence-corrected chi connectivity index (χ3v) is 12.2. The zero-order chi connectivity index (χ0) is 39.2. The predicted octanol–water partition coefficient (Wildman–Crippen LogP) is 12.8. The monoisotopic (exact) mass is 756 g/mol. The van der Waals surface area contributed by atoms with Crippen molar-refractivity contribution in [3.05, 3.63) is 193 Å². The van der Waals surface area contributed by atoms with E-state index in [-0.39, 0.29) is 5.41 Å². The summed E-state index contributed by atoms with van der Waals surface area (Å²) in [6.45, 7) is 4.61. The molecule has 4 heterocycles. The van der Waals surface area contributed by atoms with Crippen molar-refractivity contribution < 1.29 is 0 Å². The van der Waals surface area contributed by atoms with E-state index in [0.29, 0.717) is 17.5 Å². The lowest BCUT2D eigenvalue weighted by Crippen LogP contribution is -2.17. The molecule has 1 aliphatic rings. The van der Waals surface area contributed by atoms with Crippen molar-refractivity contribution in [1.29, 1.82) is 0 Å². The van der Waals surface area contributed by atoms with Gasteiger partial charge in [-0.1, -0.05) is 129 Å².